The van der Waals surface area contributed by atoms with Gasteiger partial charge in [0.1, 0.15) is 5.01 Å². The average molecular weight is 365 g/mol. The van der Waals surface area contributed by atoms with Crippen molar-refractivity contribution < 1.29 is 9.53 Å². The quantitative estimate of drug-likeness (QED) is 0.788. The molecular formula is C18H28N4O2S. The predicted octanol–water partition coefficient (Wildman–Crippen LogP) is 1.29. The Labute approximate surface area is 153 Å². The summed E-state index contributed by atoms with van der Waals surface area (Å²) in [6.45, 7) is 5.30. The zero-order valence-corrected chi connectivity index (χ0v) is 16.0. The molecule has 6 nitrogen and oxygen atoms in total. The van der Waals surface area contributed by atoms with Gasteiger partial charge in [-0.2, -0.15) is 0 Å². The minimum absolute atomic E-state index is 0.0425. The van der Waals surface area contributed by atoms with Gasteiger partial charge in [0.15, 0.2) is 0 Å². The number of morpholine rings is 1. The Morgan fingerprint density at radius 3 is 3.08 bits per heavy atom. The van der Waals surface area contributed by atoms with Crippen LogP contribution in [0.3, 0.4) is 0 Å². The van der Waals surface area contributed by atoms with E-state index >= 15 is 0 Å². The smallest absolute Gasteiger partial charge is 0.231 e. The lowest BCUT2D eigenvalue weighted by Crippen LogP contribution is -2.55. The molecule has 1 aromatic heterocycles. The highest BCUT2D eigenvalue weighted by Gasteiger charge is 2.58. The number of likely N-dealkylation sites (N-methyl/N-ethyl adjacent to an activating group) is 1. The molecule has 1 aromatic rings. The van der Waals surface area contributed by atoms with Crippen molar-refractivity contribution >= 4 is 17.2 Å². The van der Waals surface area contributed by atoms with E-state index in [9.17, 15) is 4.79 Å². The van der Waals surface area contributed by atoms with Gasteiger partial charge in [-0.25, -0.2) is 4.98 Å². The zero-order valence-electron chi connectivity index (χ0n) is 15.2. The fourth-order valence-corrected chi connectivity index (χ4v) is 5.31. The van der Waals surface area contributed by atoms with Crippen molar-refractivity contribution in [2.75, 3.05) is 46.8 Å². The number of fused-ring (bicyclic) bond motifs is 3. The molecule has 138 valence electrons. The van der Waals surface area contributed by atoms with Crippen molar-refractivity contribution in [3.8, 4) is 0 Å². The average Bonchev–Trinajstić information content (AvgIpc) is 3.16. The Kier molecular flexibility index (Phi) is 4.83. The van der Waals surface area contributed by atoms with Gasteiger partial charge >= 0.3 is 0 Å². The second kappa shape index (κ2) is 6.95. The molecule has 3 aliphatic rings. The summed E-state index contributed by atoms with van der Waals surface area (Å²) < 4.78 is 6.27. The van der Waals surface area contributed by atoms with Gasteiger partial charge in [0.2, 0.25) is 5.91 Å². The zero-order chi connectivity index (χ0) is 17.4. The van der Waals surface area contributed by atoms with Crippen LogP contribution in [-0.4, -0.2) is 84.6 Å². The van der Waals surface area contributed by atoms with Gasteiger partial charge in [0.05, 0.1) is 24.2 Å². The minimum Gasteiger partial charge on any atom is -0.371 e. The van der Waals surface area contributed by atoms with Crippen LogP contribution >= 0.6 is 11.3 Å². The van der Waals surface area contributed by atoms with Gasteiger partial charge < -0.3 is 14.5 Å². The summed E-state index contributed by atoms with van der Waals surface area (Å²) in [7, 11) is 4.12. The third kappa shape index (κ3) is 3.35. The van der Waals surface area contributed by atoms with E-state index in [1.807, 2.05) is 11.6 Å². The van der Waals surface area contributed by atoms with Crippen molar-refractivity contribution in [1.29, 1.82) is 0 Å². The molecule has 0 saturated carbocycles. The molecule has 0 N–H and O–H groups in total. The van der Waals surface area contributed by atoms with Crippen LogP contribution in [0, 0.1) is 5.41 Å². The molecule has 0 aliphatic carbocycles. The van der Waals surface area contributed by atoms with E-state index in [2.05, 4.69) is 33.8 Å². The van der Waals surface area contributed by atoms with Gasteiger partial charge in [0.25, 0.3) is 0 Å². The summed E-state index contributed by atoms with van der Waals surface area (Å²) in [6.07, 6.45) is 5.07. The predicted molar refractivity (Wildman–Crippen MR) is 97.5 cm³/mol. The molecule has 3 fully saturated rings. The number of likely N-dealkylation sites (tertiary alicyclic amines) is 2. The Morgan fingerprint density at radius 1 is 1.44 bits per heavy atom. The van der Waals surface area contributed by atoms with Crippen LogP contribution < -0.4 is 0 Å². The molecule has 3 aliphatic heterocycles. The molecule has 25 heavy (non-hydrogen) atoms. The lowest BCUT2D eigenvalue weighted by atomic mass is 9.73. The monoisotopic (exact) mass is 364 g/mol. The number of hydrogen-bond acceptors (Lipinski definition) is 6. The first-order valence-electron chi connectivity index (χ1n) is 9.27. The number of thiazole rings is 1. The van der Waals surface area contributed by atoms with E-state index < -0.39 is 0 Å². The van der Waals surface area contributed by atoms with E-state index in [-0.39, 0.29) is 17.6 Å². The second-order valence-electron chi connectivity index (χ2n) is 7.93. The molecule has 1 spiro atoms. The third-order valence-electron chi connectivity index (χ3n) is 5.87. The lowest BCUT2D eigenvalue weighted by molar-refractivity contribution is -0.153. The molecule has 7 heteroatoms. The molecule has 4 heterocycles. The highest BCUT2D eigenvalue weighted by molar-refractivity contribution is 7.09. The fraction of sp³-hybridized carbons (Fsp3) is 0.778. The van der Waals surface area contributed by atoms with Crippen LogP contribution in [0.4, 0.5) is 0 Å². The number of carbonyl (C=O) groups is 1. The van der Waals surface area contributed by atoms with E-state index in [0.717, 1.165) is 63.5 Å². The molecule has 1 amide bonds. The van der Waals surface area contributed by atoms with E-state index in [0.29, 0.717) is 5.91 Å². The summed E-state index contributed by atoms with van der Waals surface area (Å²) in [6, 6.07) is 0. The second-order valence-corrected chi connectivity index (χ2v) is 8.91. The summed E-state index contributed by atoms with van der Waals surface area (Å²) >= 11 is 1.70. The van der Waals surface area contributed by atoms with E-state index in [4.69, 9.17) is 4.74 Å². The standard InChI is InChI=1S/C18H28N4O2S/c1-20(2)7-8-22-6-3-4-18(17(22)23)10-14-11-21(12-15(18)24-14)13-16-19-5-9-25-16/h5,9,14-15H,3-4,6-8,10-13H2,1-2H3/t14?,15?,18-/m0/s1. The van der Waals surface area contributed by atoms with E-state index in [1.54, 1.807) is 11.3 Å². The Morgan fingerprint density at radius 2 is 2.32 bits per heavy atom. The molecule has 4 rings (SSSR count). The maximum absolute atomic E-state index is 13.3. The van der Waals surface area contributed by atoms with Crippen molar-refractivity contribution in [1.82, 2.24) is 19.7 Å². The molecule has 0 aromatic carbocycles. The summed E-state index contributed by atoms with van der Waals surface area (Å²) in [5.74, 6) is 0.337. The third-order valence-corrected chi connectivity index (χ3v) is 6.64. The Bertz CT molecular complexity index is 608. The van der Waals surface area contributed by atoms with Gasteiger partial charge in [-0.3, -0.25) is 9.69 Å². The molecule has 0 radical (unpaired) electrons. The van der Waals surface area contributed by atoms with Crippen LogP contribution in [0.25, 0.3) is 0 Å². The van der Waals surface area contributed by atoms with Crippen molar-refractivity contribution in [3.63, 3.8) is 0 Å². The highest BCUT2D eigenvalue weighted by Crippen LogP contribution is 2.48. The summed E-state index contributed by atoms with van der Waals surface area (Å²) in [5, 5.41) is 3.18. The number of piperidine rings is 1. The highest BCUT2D eigenvalue weighted by atomic mass is 32.1. The van der Waals surface area contributed by atoms with Gasteiger partial charge in [0, 0.05) is 44.3 Å². The molecule has 3 atom stereocenters. The number of hydrogen-bond donors (Lipinski definition) is 0. The molecule has 2 bridgehead atoms. The van der Waals surface area contributed by atoms with Gasteiger partial charge in [-0.15, -0.1) is 11.3 Å². The number of nitrogens with zero attached hydrogens (tertiary/aromatic N) is 4. The number of amides is 1. The van der Waals surface area contributed by atoms with Crippen LogP contribution in [0.1, 0.15) is 24.3 Å². The minimum atomic E-state index is -0.285. The maximum atomic E-state index is 13.3. The SMILES string of the molecule is CN(C)CCN1CCC[C@@]2(CC3CN(Cc4nccs4)CC2O3)C1=O. The molecule has 2 unspecified atom stereocenters. The van der Waals surface area contributed by atoms with Gasteiger partial charge in [-0.1, -0.05) is 0 Å². The van der Waals surface area contributed by atoms with Crippen LogP contribution in [0.2, 0.25) is 0 Å². The van der Waals surface area contributed by atoms with Crippen molar-refractivity contribution in [2.24, 2.45) is 5.41 Å². The van der Waals surface area contributed by atoms with Crippen LogP contribution in [-0.2, 0) is 16.1 Å². The first-order chi connectivity index (χ1) is 12.1. The lowest BCUT2D eigenvalue weighted by Gasteiger charge is -2.43. The molecular weight excluding hydrogens is 336 g/mol. The Balaban J connectivity index is 1.46. The van der Waals surface area contributed by atoms with Crippen LogP contribution in [0.15, 0.2) is 11.6 Å². The maximum Gasteiger partial charge on any atom is 0.231 e. The fourth-order valence-electron chi connectivity index (χ4n) is 4.65. The largest absolute Gasteiger partial charge is 0.371 e. The van der Waals surface area contributed by atoms with E-state index in [1.165, 1.54) is 0 Å². The first kappa shape index (κ1) is 17.4. The molecule has 3 saturated heterocycles. The Hall–Kier alpha value is -1.02. The normalized spacial score (nSPS) is 32.9. The van der Waals surface area contributed by atoms with Crippen molar-refractivity contribution in [3.05, 3.63) is 16.6 Å². The summed E-state index contributed by atoms with van der Waals surface area (Å²) in [5.41, 5.74) is -0.285. The van der Waals surface area contributed by atoms with Crippen LogP contribution in [0.5, 0.6) is 0 Å². The number of rotatable bonds is 5. The van der Waals surface area contributed by atoms with Gasteiger partial charge in [-0.05, 0) is 33.4 Å². The topological polar surface area (TPSA) is 48.9 Å². The number of carbonyl (C=O) groups excluding carboxylic acids is 1. The summed E-state index contributed by atoms with van der Waals surface area (Å²) in [4.78, 5) is 24.4. The number of aromatic nitrogens is 1. The van der Waals surface area contributed by atoms with Crippen molar-refractivity contribution in [2.45, 2.75) is 38.0 Å². The number of ether oxygens (including phenoxy) is 1. The first-order valence-corrected chi connectivity index (χ1v) is 10.1.